The summed E-state index contributed by atoms with van der Waals surface area (Å²) in [5.41, 5.74) is 0.642. The number of rotatable bonds is 9. The zero-order valence-electron chi connectivity index (χ0n) is 16.5. The average Bonchev–Trinajstić information content (AvgIpc) is 2.71. The van der Waals surface area contributed by atoms with Gasteiger partial charge in [-0.15, -0.1) is 0 Å². The molecule has 0 bridgehead atoms. The Hall–Kier alpha value is -2.27. The summed E-state index contributed by atoms with van der Waals surface area (Å²) in [6.07, 6.45) is 0. The molecule has 1 unspecified atom stereocenters. The fraction of sp³-hybridized carbons (Fsp3) is 0.300. The van der Waals surface area contributed by atoms with E-state index in [2.05, 4.69) is 20.7 Å². The fourth-order valence-corrected chi connectivity index (χ4v) is 4.09. The largest absolute Gasteiger partial charge is 0.454 e. The molecule has 0 heterocycles. The number of aliphatic hydroxyl groups is 1. The topological polar surface area (TPSA) is 113 Å². The third-order valence-corrected chi connectivity index (χ3v) is 6.06. The number of amides is 1. The van der Waals surface area contributed by atoms with Crippen LogP contribution in [0.3, 0.4) is 0 Å². The van der Waals surface area contributed by atoms with E-state index in [-0.39, 0.29) is 10.9 Å². The van der Waals surface area contributed by atoms with E-state index in [1.54, 1.807) is 24.3 Å². The van der Waals surface area contributed by atoms with Crippen molar-refractivity contribution in [3.63, 3.8) is 0 Å². The first kappa shape index (κ1) is 24.0. The van der Waals surface area contributed by atoms with E-state index in [9.17, 15) is 23.1 Å². The van der Waals surface area contributed by atoms with Crippen LogP contribution in [0, 0.1) is 0 Å². The van der Waals surface area contributed by atoms with Crippen molar-refractivity contribution < 1.29 is 27.9 Å². The molecule has 2 aromatic carbocycles. The number of hydrogen-bond donors (Lipinski definition) is 2. The van der Waals surface area contributed by atoms with Gasteiger partial charge in [0.1, 0.15) is 6.04 Å². The summed E-state index contributed by atoms with van der Waals surface area (Å²) in [6.45, 7) is 2.21. The van der Waals surface area contributed by atoms with E-state index in [1.165, 1.54) is 29.2 Å². The molecule has 1 atom stereocenters. The molecule has 2 aromatic rings. The third-order valence-electron chi connectivity index (χ3n) is 4.05. The lowest BCUT2D eigenvalue weighted by Crippen LogP contribution is -2.46. The van der Waals surface area contributed by atoms with Crippen molar-refractivity contribution in [1.82, 2.24) is 4.72 Å². The van der Waals surface area contributed by atoms with E-state index in [1.807, 2.05) is 19.9 Å². The first-order valence-electron chi connectivity index (χ1n) is 9.08. The number of carbonyl (C=O) groups is 2. The second-order valence-electron chi connectivity index (χ2n) is 6.61. The molecule has 162 valence electrons. The van der Waals surface area contributed by atoms with Crippen LogP contribution in [-0.2, 0) is 24.3 Å². The highest BCUT2D eigenvalue weighted by atomic mass is 79.9. The minimum absolute atomic E-state index is 0.0805. The van der Waals surface area contributed by atoms with E-state index >= 15 is 0 Å². The SMILES string of the molecule is CC(C)N(C(=O)COC(=O)C(CO)NS(=O)(=O)c1ccc(Br)cc1)c1ccccc1. The molecule has 2 N–H and O–H groups in total. The monoisotopic (exact) mass is 498 g/mol. The molecule has 10 heteroatoms. The van der Waals surface area contributed by atoms with Crippen LogP contribution >= 0.6 is 15.9 Å². The number of aliphatic hydroxyl groups excluding tert-OH is 1. The van der Waals surface area contributed by atoms with Gasteiger partial charge < -0.3 is 14.7 Å². The van der Waals surface area contributed by atoms with E-state index < -0.39 is 41.2 Å². The maximum absolute atomic E-state index is 12.6. The van der Waals surface area contributed by atoms with Gasteiger partial charge in [-0.25, -0.2) is 8.42 Å². The predicted octanol–water partition coefficient (Wildman–Crippen LogP) is 2.07. The summed E-state index contributed by atoms with van der Waals surface area (Å²) in [5.74, 6) is -1.53. The second-order valence-corrected chi connectivity index (χ2v) is 9.24. The fourth-order valence-electron chi connectivity index (χ4n) is 2.65. The molecule has 2 rings (SSSR count). The summed E-state index contributed by atoms with van der Waals surface area (Å²) in [5, 5.41) is 9.46. The summed E-state index contributed by atoms with van der Waals surface area (Å²) in [4.78, 5) is 26.3. The van der Waals surface area contributed by atoms with Crippen molar-refractivity contribution in [2.75, 3.05) is 18.1 Å². The van der Waals surface area contributed by atoms with Crippen molar-refractivity contribution in [1.29, 1.82) is 0 Å². The molecule has 0 spiro atoms. The number of sulfonamides is 1. The van der Waals surface area contributed by atoms with Crippen LogP contribution < -0.4 is 9.62 Å². The van der Waals surface area contributed by atoms with Crippen LogP contribution in [0.4, 0.5) is 5.69 Å². The lowest BCUT2D eigenvalue weighted by Gasteiger charge is -2.27. The zero-order valence-corrected chi connectivity index (χ0v) is 18.9. The van der Waals surface area contributed by atoms with Gasteiger partial charge in [-0.2, -0.15) is 4.72 Å². The number of carbonyl (C=O) groups excluding carboxylic acids is 2. The van der Waals surface area contributed by atoms with Crippen molar-refractivity contribution in [2.45, 2.75) is 30.8 Å². The summed E-state index contributed by atoms with van der Waals surface area (Å²) in [7, 11) is -4.07. The van der Waals surface area contributed by atoms with Gasteiger partial charge in [-0.1, -0.05) is 34.1 Å². The highest BCUT2D eigenvalue weighted by molar-refractivity contribution is 9.10. The number of nitrogens with one attached hydrogen (secondary N) is 1. The van der Waals surface area contributed by atoms with Crippen LogP contribution in [0.1, 0.15) is 13.8 Å². The number of para-hydroxylation sites is 1. The lowest BCUT2D eigenvalue weighted by molar-refractivity contribution is -0.150. The van der Waals surface area contributed by atoms with E-state index in [0.717, 1.165) is 0 Å². The van der Waals surface area contributed by atoms with E-state index in [4.69, 9.17) is 4.74 Å². The Balaban J connectivity index is 2.04. The average molecular weight is 499 g/mol. The first-order valence-corrected chi connectivity index (χ1v) is 11.4. The van der Waals surface area contributed by atoms with E-state index in [0.29, 0.717) is 10.2 Å². The standard InChI is InChI=1S/C20H23BrN2O6S/c1-14(2)23(16-6-4-3-5-7-16)19(25)13-29-20(26)18(12-24)22-30(27,28)17-10-8-15(21)9-11-17/h3-11,14,18,22,24H,12-13H2,1-2H3. The molecule has 0 aliphatic heterocycles. The maximum Gasteiger partial charge on any atom is 0.327 e. The van der Waals surface area contributed by atoms with Crippen LogP contribution in [0.5, 0.6) is 0 Å². The molecule has 0 aromatic heterocycles. The molecule has 0 radical (unpaired) electrons. The number of ether oxygens (including phenoxy) is 1. The lowest BCUT2D eigenvalue weighted by atomic mass is 10.2. The Morgan fingerprint density at radius 2 is 1.70 bits per heavy atom. The highest BCUT2D eigenvalue weighted by Crippen LogP contribution is 2.17. The number of nitrogens with zero attached hydrogens (tertiary/aromatic N) is 1. The van der Waals surface area contributed by atoms with Crippen LogP contribution in [0.2, 0.25) is 0 Å². The predicted molar refractivity (Wildman–Crippen MR) is 115 cm³/mol. The van der Waals surface area contributed by atoms with Gasteiger partial charge in [0, 0.05) is 16.2 Å². The van der Waals surface area contributed by atoms with Gasteiger partial charge >= 0.3 is 5.97 Å². The molecule has 0 aliphatic carbocycles. The van der Waals surface area contributed by atoms with Crippen molar-refractivity contribution in [2.24, 2.45) is 0 Å². The van der Waals surface area contributed by atoms with Crippen molar-refractivity contribution in [3.8, 4) is 0 Å². The number of anilines is 1. The number of benzene rings is 2. The number of hydrogen-bond acceptors (Lipinski definition) is 6. The molecule has 0 saturated heterocycles. The quantitative estimate of drug-likeness (QED) is 0.511. The van der Waals surface area contributed by atoms with Gasteiger partial charge in [0.2, 0.25) is 10.0 Å². The van der Waals surface area contributed by atoms with Crippen LogP contribution in [0.25, 0.3) is 0 Å². The van der Waals surface area contributed by atoms with Gasteiger partial charge in [0.05, 0.1) is 11.5 Å². The molecule has 0 saturated carbocycles. The first-order chi connectivity index (χ1) is 14.2. The van der Waals surface area contributed by atoms with Gasteiger partial charge in [-0.05, 0) is 50.2 Å². The summed E-state index contributed by atoms with van der Waals surface area (Å²) < 4.78 is 32.6. The highest BCUT2D eigenvalue weighted by Gasteiger charge is 2.28. The van der Waals surface area contributed by atoms with Gasteiger partial charge in [0.25, 0.3) is 5.91 Å². The summed E-state index contributed by atoms with van der Waals surface area (Å²) in [6, 6.07) is 12.9. The number of esters is 1. The Morgan fingerprint density at radius 1 is 1.10 bits per heavy atom. The molecule has 0 aliphatic rings. The smallest absolute Gasteiger partial charge is 0.327 e. The third kappa shape index (κ3) is 6.36. The van der Waals surface area contributed by atoms with Gasteiger partial charge in [0.15, 0.2) is 6.61 Å². The van der Waals surface area contributed by atoms with Gasteiger partial charge in [-0.3, -0.25) is 9.59 Å². The second kappa shape index (κ2) is 10.7. The molecule has 0 fully saturated rings. The molecular formula is C20H23BrN2O6S. The normalized spacial score (nSPS) is 12.4. The Morgan fingerprint density at radius 3 is 2.23 bits per heavy atom. The minimum atomic E-state index is -4.07. The van der Waals surface area contributed by atoms with Crippen LogP contribution in [0.15, 0.2) is 64.0 Å². The Bertz CT molecular complexity index is 965. The van der Waals surface area contributed by atoms with Crippen molar-refractivity contribution >= 4 is 43.5 Å². The minimum Gasteiger partial charge on any atom is -0.454 e. The van der Waals surface area contributed by atoms with Crippen molar-refractivity contribution in [3.05, 3.63) is 59.1 Å². The Labute approximate surface area is 184 Å². The zero-order chi connectivity index (χ0) is 22.3. The maximum atomic E-state index is 12.6. The molecule has 1 amide bonds. The molecular weight excluding hydrogens is 476 g/mol. The molecule has 8 nitrogen and oxygen atoms in total. The number of halogens is 1. The Kier molecular flexibility index (Phi) is 8.54. The molecule has 30 heavy (non-hydrogen) atoms. The van der Waals surface area contributed by atoms with Crippen LogP contribution in [-0.4, -0.2) is 50.7 Å². The summed E-state index contributed by atoms with van der Waals surface area (Å²) >= 11 is 3.21.